The van der Waals surface area contributed by atoms with Crippen molar-refractivity contribution >= 4 is 31.0 Å². The normalized spacial score (nSPS) is 19.0. The summed E-state index contributed by atoms with van der Waals surface area (Å²) >= 11 is 0. The van der Waals surface area contributed by atoms with Crippen molar-refractivity contribution in [1.82, 2.24) is 20.5 Å². The first-order valence-corrected chi connectivity index (χ1v) is 26.3. The smallest absolute Gasteiger partial charge is 0.248 e. The number of nitrogens with one attached hydrogen (secondary N) is 3. The van der Waals surface area contributed by atoms with E-state index in [1.165, 1.54) is 0 Å². The van der Waals surface area contributed by atoms with Gasteiger partial charge in [0, 0.05) is 44.1 Å². The molecule has 5 aromatic rings. The zero-order valence-electron chi connectivity index (χ0n) is 38.5. The van der Waals surface area contributed by atoms with Gasteiger partial charge in [0.1, 0.15) is 17.8 Å². The average Bonchev–Trinajstić information content (AvgIpc) is 3.76. The van der Waals surface area contributed by atoms with Crippen molar-refractivity contribution < 1.29 is 18.8 Å². The summed E-state index contributed by atoms with van der Waals surface area (Å²) in [6.07, 6.45) is 5.47. The van der Waals surface area contributed by atoms with Crippen molar-refractivity contribution in [1.29, 1.82) is 0 Å². The van der Waals surface area contributed by atoms with Crippen molar-refractivity contribution in [2.75, 3.05) is 39.3 Å². The maximum atomic E-state index is 13.5. The number of rotatable bonds is 19. The minimum absolute atomic E-state index is 0.00488. The highest BCUT2D eigenvalue weighted by Crippen LogP contribution is 2.44. The summed E-state index contributed by atoms with van der Waals surface area (Å²) in [6.45, 7) is 16.1. The van der Waals surface area contributed by atoms with Gasteiger partial charge in [-0.15, -0.1) is 0 Å². The van der Waals surface area contributed by atoms with Crippen LogP contribution < -0.4 is 26.7 Å². The maximum Gasteiger partial charge on any atom is 0.248 e. The number of amides is 2. The third-order valence-electron chi connectivity index (χ3n) is 14.3. The van der Waals surface area contributed by atoms with Crippen LogP contribution in [0.5, 0.6) is 5.75 Å². The number of ether oxygens (including phenoxy) is 1. The number of aromatic nitrogens is 1. The average molecular weight is 884 g/mol. The summed E-state index contributed by atoms with van der Waals surface area (Å²) in [7, 11) is -2.21. The fourth-order valence-electron chi connectivity index (χ4n) is 9.84. The molecule has 64 heavy (non-hydrogen) atoms. The predicted molar refractivity (Wildman–Crippen MR) is 260 cm³/mol. The number of H-pyrrole nitrogens is 1. The van der Waals surface area contributed by atoms with E-state index >= 15 is 0 Å². The van der Waals surface area contributed by atoms with Crippen molar-refractivity contribution in [3.63, 3.8) is 0 Å². The summed E-state index contributed by atoms with van der Waals surface area (Å²) in [4.78, 5) is 44.8. The van der Waals surface area contributed by atoms with Crippen molar-refractivity contribution in [3.05, 3.63) is 148 Å². The first-order chi connectivity index (χ1) is 30.7. The van der Waals surface area contributed by atoms with E-state index in [4.69, 9.17) is 14.9 Å². The van der Waals surface area contributed by atoms with Crippen LogP contribution in [0.25, 0.3) is 10.9 Å². The van der Waals surface area contributed by atoms with Crippen LogP contribution in [0.1, 0.15) is 87.7 Å². The molecule has 2 heterocycles. The van der Waals surface area contributed by atoms with Gasteiger partial charge < -0.3 is 35.4 Å². The molecule has 2 aliphatic rings. The van der Waals surface area contributed by atoms with Crippen molar-refractivity contribution in [2.24, 2.45) is 23.5 Å². The number of benzene rings is 4. The van der Waals surface area contributed by atoms with E-state index in [1.807, 2.05) is 103 Å². The molecule has 1 saturated heterocycles. The first-order valence-electron chi connectivity index (χ1n) is 23.4. The number of hydrogen-bond acceptors (Lipinski definition) is 7. The van der Waals surface area contributed by atoms with Gasteiger partial charge in [-0.2, -0.15) is 0 Å². The molecule has 1 aromatic heterocycles. The number of carbonyl (C=O) groups is 2. The minimum Gasteiger partial charge on any atom is -0.487 e. The topological polar surface area (TPSA) is 139 Å². The predicted octanol–water partition coefficient (Wildman–Crippen LogP) is 8.87. The Balaban J connectivity index is 0.935. The molecule has 1 aliphatic carbocycles. The molecule has 7 rings (SSSR count). The zero-order valence-corrected chi connectivity index (χ0v) is 39.5. The minimum atomic E-state index is -2.21. The molecule has 5 N–H and O–H groups in total. The second-order valence-corrected chi connectivity index (χ2v) is 24.5. The number of pyridine rings is 1. The lowest BCUT2D eigenvalue weighted by Gasteiger charge is -2.40. The maximum absolute atomic E-state index is 13.5. The van der Waals surface area contributed by atoms with Gasteiger partial charge in [-0.3, -0.25) is 14.4 Å². The fourth-order valence-corrected chi connectivity index (χ4v) is 11.1. The van der Waals surface area contributed by atoms with Gasteiger partial charge in [-0.05, 0) is 109 Å². The Kier molecular flexibility index (Phi) is 15.3. The van der Waals surface area contributed by atoms with Gasteiger partial charge in [-0.25, -0.2) is 0 Å². The standard InChI is InChI=1S/C53H69N5O5Si/c1-52(2,3)64(4,5)63-47(44-24-26-46(50-45(44)25-27-49(60)57-50)62-37-38-16-9-6-10-17-38)35-55-33-39-18-15-19-40(32-39)34-56-48(59)29-31-58-30-28-43(36-58)53(51(54)61,41-20-11-7-12-21-41)42-22-13-8-14-23-42/h6-14,16-17,20-27,39-40,43,47,55H,15,18-19,28-37H2,1-5H3,(H2,54,61)(H,56,59)(H,57,60)/t39?,40?,43-,47+/m1/s1. The lowest BCUT2D eigenvalue weighted by molar-refractivity contribution is -0.124. The number of carbonyl (C=O) groups excluding carboxylic acids is 2. The molecule has 1 saturated carbocycles. The molecule has 2 unspecified atom stereocenters. The van der Waals surface area contributed by atoms with Gasteiger partial charge in [0.15, 0.2) is 8.32 Å². The second-order valence-electron chi connectivity index (χ2n) is 19.7. The Hall–Kier alpha value is -5.07. The molecule has 2 fully saturated rings. The van der Waals surface area contributed by atoms with Crippen LogP contribution in [0.4, 0.5) is 0 Å². The zero-order chi connectivity index (χ0) is 45.3. The Bertz CT molecular complexity index is 2330. The quantitative estimate of drug-likeness (QED) is 0.0608. The summed E-state index contributed by atoms with van der Waals surface area (Å²) in [5, 5.41) is 8.02. The SMILES string of the molecule is CC(C)(C)[Si](C)(C)O[C@@H](CNCC1CCCC(CNC(=O)CCN2CC[C@@H](C(C(N)=O)(c3ccccc3)c3ccccc3)C2)C1)c1ccc(OCc2ccccc2)c2[nH]c(=O)ccc12. The molecule has 11 heteroatoms. The molecule has 4 aromatic carbocycles. The van der Waals surface area contributed by atoms with E-state index in [-0.39, 0.29) is 34.4 Å². The molecule has 340 valence electrons. The number of primary amides is 1. The number of nitrogens with two attached hydrogens (primary N) is 1. The van der Waals surface area contributed by atoms with Crippen LogP contribution in [-0.4, -0.2) is 69.3 Å². The van der Waals surface area contributed by atoms with Gasteiger partial charge in [-0.1, -0.05) is 124 Å². The lowest BCUT2D eigenvalue weighted by Crippen LogP contribution is -2.49. The van der Waals surface area contributed by atoms with Gasteiger partial charge in [0.25, 0.3) is 0 Å². The van der Waals surface area contributed by atoms with E-state index < -0.39 is 13.7 Å². The van der Waals surface area contributed by atoms with Gasteiger partial charge >= 0.3 is 0 Å². The third kappa shape index (κ3) is 11.1. The number of hydrogen-bond donors (Lipinski definition) is 4. The molecular weight excluding hydrogens is 815 g/mol. The fraction of sp³-hybridized carbons (Fsp3) is 0.453. The largest absolute Gasteiger partial charge is 0.487 e. The summed E-state index contributed by atoms with van der Waals surface area (Å²) in [6, 6.07) is 37.4. The van der Waals surface area contributed by atoms with Gasteiger partial charge in [0.2, 0.25) is 17.4 Å². The highest BCUT2D eigenvalue weighted by molar-refractivity contribution is 6.74. The van der Waals surface area contributed by atoms with Crippen LogP contribution in [0.15, 0.2) is 120 Å². The highest BCUT2D eigenvalue weighted by Gasteiger charge is 2.49. The Morgan fingerprint density at radius 2 is 1.48 bits per heavy atom. The number of fused-ring (bicyclic) bond motifs is 1. The Morgan fingerprint density at radius 3 is 2.12 bits per heavy atom. The van der Waals surface area contributed by atoms with Crippen LogP contribution in [0.3, 0.4) is 0 Å². The molecule has 0 radical (unpaired) electrons. The molecular formula is C53H69N5O5Si. The summed E-state index contributed by atoms with van der Waals surface area (Å²) in [5.74, 6) is 1.29. The number of likely N-dealkylation sites (tertiary alicyclic amines) is 1. The number of aromatic amines is 1. The second kappa shape index (κ2) is 20.8. The van der Waals surface area contributed by atoms with Crippen LogP contribution in [0.2, 0.25) is 18.1 Å². The van der Waals surface area contributed by atoms with E-state index in [0.29, 0.717) is 62.3 Å². The van der Waals surface area contributed by atoms with E-state index in [2.05, 4.69) is 60.4 Å². The summed E-state index contributed by atoms with van der Waals surface area (Å²) < 4.78 is 13.5. The Labute approximate surface area is 380 Å². The van der Waals surface area contributed by atoms with Gasteiger partial charge in [0.05, 0.1) is 11.6 Å². The molecule has 0 spiro atoms. The van der Waals surface area contributed by atoms with Crippen molar-refractivity contribution in [3.8, 4) is 5.75 Å². The Morgan fingerprint density at radius 1 is 0.844 bits per heavy atom. The van der Waals surface area contributed by atoms with E-state index in [0.717, 1.165) is 72.8 Å². The highest BCUT2D eigenvalue weighted by atomic mass is 28.4. The lowest BCUT2D eigenvalue weighted by atomic mass is 9.64. The van der Waals surface area contributed by atoms with Crippen LogP contribution >= 0.6 is 0 Å². The van der Waals surface area contributed by atoms with E-state index in [9.17, 15) is 14.4 Å². The third-order valence-corrected chi connectivity index (χ3v) is 18.8. The van der Waals surface area contributed by atoms with Crippen LogP contribution in [-0.2, 0) is 26.0 Å². The van der Waals surface area contributed by atoms with E-state index in [1.54, 1.807) is 6.07 Å². The first kappa shape index (κ1) is 46.9. The molecule has 10 nitrogen and oxygen atoms in total. The molecule has 4 atom stereocenters. The monoisotopic (exact) mass is 884 g/mol. The molecule has 0 bridgehead atoms. The summed E-state index contributed by atoms with van der Waals surface area (Å²) in [5.41, 5.74) is 9.80. The molecule has 2 amide bonds. The van der Waals surface area contributed by atoms with Crippen LogP contribution in [0, 0.1) is 17.8 Å². The molecule has 1 aliphatic heterocycles. The van der Waals surface area contributed by atoms with Crippen molar-refractivity contribution in [2.45, 2.75) is 95.6 Å². The number of nitrogens with zero attached hydrogens (tertiary/aromatic N) is 1.